The lowest BCUT2D eigenvalue weighted by molar-refractivity contribution is -0.156. The van der Waals surface area contributed by atoms with Gasteiger partial charge in [-0.1, -0.05) is 105 Å². The van der Waals surface area contributed by atoms with Crippen LogP contribution in [0.3, 0.4) is 0 Å². The van der Waals surface area contributed by atoms with Gasteiger partial charge in [-0.2, -0.15) is 0 Å². The Bertz CT molecular complexity index is 2500. The molecule has 4 aromatic rings. The highest BCUT2D eigenvalue weighted by Gasteiger charge is 2.42. The number of aliphatic hydroxyl groups is 4. The molecule has 0 aromatic heterocycles. The first-order valence-electron chi connectivity index (χ1n) is 21.9. The number of hydrogen-bond donors (Lipinski definition) is 8. The molecule has 6 rings (SSSR count). The van der Waals surface area contributed by atoms with Crippen LogP contribution in [-0.4, -0.2) is 112 Å². The van der Waals surface area contributed by atoms with Crippen molar-refractivity contribution in [3.63, 3.8) is 0 Å². The van der Waals surface area contributed by atoms with Gasteiger partial charge in [0.2, 0.25) is 0 Å². The average molecular weight is 949 g/mol. The van der Waals surface area contributed by atoms with E-state index in [4.69, 9.17) is 36.1 Å². The summed E-state index contributed by atoms with van der Waals surface area (Å²) in [7, 11) is -3.73. The van der Waals surface area contributed by atoms with Gasteiger partial charge in [-0.3, -0.25) is 14.2 Å². The van der Waals surface area contributed by atoms with E-state index >= 15 is 0 Å². The maximum Gasteiger partial charge on any atom is 0.313 e. The fraction of sp³-hybridized carbons (Fsp3) is 0.460. The molecule has 0 radical (unpaired) electrons. The average Bonchev–Trinajstić information content (AvgIpc) is 3.27. The number of rotatable bonds is 14. The molecular weight excluding hydrogens is 880 g/mol. The van der Waals surface area contributed by atoms with E-state index in [1.54, 1.807) is 33.8 Å². The van der Waals surface area contributed by atoms with E-state index < -0.39 is 92.4 Å². The van der Waals surface area contributed by atoms with Crippen molar-refractivity contribution in [1.29, 1.82) is 0 Å². The van der Waals surface area contributed by atoms with Gasteiger partial charge in [-0.25, -0.2) is 4.99 Å². The number of fused-ring (bicyclic) bond motifs is 2. The van der Waals surface area contributed by atoms with Crippen LogP contribution in [0.15, 0.2) is 101 Å². The number of aliphatic imine (C=N–C) groups is 1. The minimum atomic E-state index is -3.73. The number of allylic oxidation sites excluding steroid dienone is 1. The summed E-state index contributed by atoms with van der Waals surface area (Å²) >= 11 is 0. The van der Waals surface area contributed by atoms with E-state index in [1.807, 2.05) is 81.4 Å². The van der Waals surface area contributed by atoms with Crippen molar-refractivity contribution in [2.45, 2.75) is 116 Å². The van der Waals surface area contributed by atoms with Gasteiger partial charge in [0.1, 0.15) is 49.8 Å². The fourth-order valence-electron chi connectivity index (χ4n) is 7.89. The number of carbonyl (C=O) groups is 2. The van der Waals surface area contributed by atoms with Crippen molar-refractivity contribution >= 4 is 46.8 Å². The van der Waals surface area contributed by atoms with Gasteiger partial charge in [0.25, 0.3) is 7.37 Å². The summed E-state index contributed by atoms with van der Waals surface area (Å²) < 4.78 is 33.8. The van der Waals surface area contributed by atoms with E-state index in [0.29, 0.717) is 5.76 Å². The first kappa shape index (κ1) is 54.3. The summed E-state index contributed by atoms with van der Waals surface area (Å²) in [5, 5.41) is 46.4. The standard InChI is InChI=1S/C25H33N3O5.C24H32NO7P.CH4/c1-13-5-6-19-11-17(7-8-18(19)9-13)15(3)24(31)32-12-21(29)22(30)23-16(4)20(28-25(26)27)10-14(2)33-23;1-13-5-6-18-10-16(7-8-17(18)9-13)14(2)24(28)31-12-20(26)22(27)23-15(3)19(25)11-21(32-23)33(4,29)30;/h5-11,15-16,20-23,29-30H,12H2,1-4H3,(H4,26,27,28);5-11,14-15,19-20,22-23,26-27H,12,25H2,1-4H3,(H,29,30);1H4/t15-,16+,20-,21+,22+,23+;14-,15+,19-,20+,22+,23+;/m00./s1. The summed E-state index contributed by atoms with van der Waals surface area (Å²) in [5.74, 6) is -2.42. The number of aliphatic hydroxyl groups excluding tert-OH is 4. The van der Waals surface area contributed by atoms with Crippen LogP contribution in [0.25, 0.3) is 21.5 Å². The van der Waals surface area contributed by atoms with Crippen LogP contribution in [0, 0.1) is 25.7 Å². The molecule has 2 aliphatic heterocycles. The fourth-order valence-corrected chi connectivity index (χ4v) is 8.66. The molecule has 17 heteroatoms. The van der Waals surface area contributed by atoms with Crippen molar-refractivity contribution < 1.29 is 58.4 Å². The molecule has 0 amide bonds. The molecular formula is C50H69N4O12P. The van der Waals surface area contributed by atoms with Crippen LogP contribution in [0.1, 0.15) is 76.1 Å². The molecule has 67 heavy (non-hydrogen) atoms. The smallest absolute Gasteiger partial charge is 0.313 e. The Balaban J connectivity index is 0.000000288. The van der Waals surface area contributed by atoms with Gasteiger partial charge >= 0.3 is 11.9 Å². The maximum atomic E-state index is 12.6. The summed E-state index contributed by atoms with van der Waals surface area (Å²) in [5.41, 5.74) is 20.7. The molecule has 0 aliphatic carbocycles. The first-order valence-corrected chi connectivity index (χ1v) is 24.0. The number of hydrogen-bond acceptors (Lipinski definition) is 13. The Morgan fingerprint density at radius 1 is 0.701 bits per heavy atom. The highest BCUT2D eigenvalue weighted by atomic mass is 31.2. The van der Waals surface area contributed by atoms with E-state index in [0.717, 1.165) is 44.9 Å². The zero-order valence-electron chi connectivity index (χ0n) is 38.6. The van der Waals surface area contributed by atoms with Gasteiger partial charge in [0, 0.05) is 24.5 Å². The highest BCUT2D eigenvalue weighted by Crippen LogP contribution is 2.49. The number of ether oxygens (including phenoxy) is 4. The van der Waals surface area contributed by atoms with Crippen LogP contribution in [-0.2, 0) is 33.1 Å². The second kappa shape index (κ2) is 23.1. The third kappa shape index (κ3) is 13.9. The molecule has 1 unspecified atom stereocenters. The summed E-state index contributed by atoms with van der Waals surface area (Å²) in [4.78, 5) is 39.2. The van der Waals surface area contributed by atoms with Crippen molar-refractivity contribution in [2.75, 3.05) is 19.9 Å². The molecule has 0 saturated heterocycles. The van der Waals surface area contributed by atoms with Crippen molar-refractivity contribution in [1.82, 2.24) is 0 Å². The molecule has 0 saturated carbocycles. The minimum Gasteiger partial charge on any atom is -0.492 e. The molecule has 11 N–H and O–H groups in total. The molecule has 0 bridgehead atoms. The number of nitrogens with two attached hydrogens (primary N) is 3. The van der Waals surface area contributed by atoms with Crippen molar-refractivity contribution in [2.24, 2.45) is 34.0 Å². The lowest BCUT2D eigenvalue weighted by atomic mass is 9.88. The van der Waals surface area contributed by atoms with E-state index in [-0.39, 0.29) is 31.4 Å². The maximum absolute atomic E-state index is 12.6. The highest BCUT2D eigenvalue weighted by molar-refractivity contribution is 7.61. The molecule has 4 aromatic carbocycles. The number of guanidine groups is 1. The molecule has 2 aliphatic rings. The van der Waals surface area contributed by atoms with Crippen LogP contribution in [0.2, 0.25) is 0 Å². The monoisotopic (exact) mass is 948 g/mol. The largest absolute Gasteiger partial charge is 0.492 e. The third-order valence-electron chi connectivity index (χ3n) is 12.2. The summed E-state index contributed by atoms with van der Waals surface area (Å²) in [6.45, 7) is 13.0. The molecule has 366 valence electrons. The quantitative estimate of drug-likeness (QED) is 0.0342. The lowest BCUT2D eigenvalue weighted by Crippen LogP contribution is -2.51. The van der Waals surface area contributed by atoms with E-state index in [1.165, 1.54) is 11.6 Å². The second-order valence-electron chi connectivity index (χ2n) is 17.7. The number of esters is 2. The molecule has 16 nitrogen and oxygen atoms in total. The second-order valence-corrected chi connectivity index (χ2v) is 19.9. The number of carbonyl (C=O) groups excluding carboxylic acids is 2. The van der Waals surface area contributed by atoms with Gasteiger partial charge in [0.15, 0.2) is 11.5 Å². The normalized spacial score (nSPS) is 23.9. The molecule has 2 heterocycles. The van der Waals surface area contributed by atoms with Gasteiger partial charge in [-0.05, 0) is 79.4 Å². The van der Waals surface area contributed by atoms with Crippen LogP contribution in [0.5, 0.6) is 0 Å². The number of aryl methyl sites for hydroxylation is 2. The van der Waals surface area contributed by atoms with Gasteiger partial charge < -0.3 is 61.5 Å². The van der Waals surface area contributed by atoms with Crippen LogP contribution in [0.4, 0.5) is 0 Å². The zero-order chi connectivity index (χ0) is 48.8. The van der Waals surface area contributed by atoms with E-state index in [9.17, 15) is 39.5 Å². The lowest BCUT2D eigenvalue weighted by Gasteiger charge is -2.38. The van der Waals surface area contributed by atoms with E-state index in [2.05, 4.69) is 17.1 Å². The van der Waals surface area contributed by atoms with Crippen LogP contribution >= 0.6 is 7.37 Å². The Morgan fingerprint density at radius 3 is 1.55 bits per heavy atom. The molecule has 0 fully saturated rings. The molecule has 13 atom stereocenters. The Kier molecular flexibility index (Phi) is 18.7. The Labute approximate surface area is 392 Å². The number of benzene rings is 4. The zero-order valence-corrected chi connectivity index (χ0v) is 39.5. The molecule has 0 spiro atoms. The third-order valence-corrected chi connectivity index (χ3v) is 13.3. The topological polar surface area (TPSA) is 280 Å². The Hall–Kier alpha value is -5.32. The first-order chi connectivity index (χ1) is 30.9. The summed E-state index contributed by atoms with van der Waals surface area (Å²) in [6.07, 6.45) is -4.26. The number of nitrogens with zero attached hydrogens (tertiary/aromatic N) is 1. The predicted molar refractivity (Wildman–Crippen MR) is 260 cm³/mol. The van der Waals surface area contributed by atoms with Gasteiger partial charge in [-0.15, -0.1) is 0 Å². The van der Waals surface area contributed by atoms with Crippen LogP contribution < -0.4 is 17.2 Å². The van der Waals surface area contributed by atoms with Gasteiger partial charge in [0.05, 0.1) is 23.6 Å². The Morgan fingerprint density at radius 2 is 1.12 bits per heavy atom. The van der Waals surface area contributed by atoms with Crippen molar-refractivity contribution in [3.8, 4) is 0 Å². The minimum absolute atomic E-state index is 0. The van der Waals surface area contributed by atoms with Crippen molar-refractivity contribution in [3.05, 3.63) is 118 Å². The predicted octanol–water partition coefficient (Wildman–Crippen LogP) is 5.35. The SMILES string of the molecule is C.CC1=C[C@H](N=C(N)N)[C@@H](C)[C@H]([C@H](O)[C@H](O)COC(=O)[C@@H](C)c2ccc3cc(C)ccc3c2)O1.Cc1ccc2cc([C@H](C)C(=O)OC[C@@H](O)[C@@H](O)[C@@H]3OC(P(C)(=O)O)=C[C@H](N)[C@H]3C)ccc2c1. The summed E-state index contributed by atoms with van der Waals surface area (Å²) in [6, 6.07) is 22.7.